The Kier molecular flexibility index (Phi) is 6.35. The molecular formula is C25H23N3O5. The molecular weight excluding hydrogens is 422 g/mol. The Morgan fingerprint density at radius 1 is 1.09 bits per heavy atom. The van der Waals surface area contributed by atoms with Crippen LogP contribution in [-0.4, -0.2) is 21.4 Å². The summed E-state index contributed by atoms with van der Waals surface area (Å²) in [6.07, 6.45) is 0.669. The van der Waals surface area contributed by atoms with Crippen molar-refractivity contribution in [2.45, 2.75) is 32.8 Å². The average molecular weight is 445 g/mol. The second-order valence-electron chi connectivity index (χ2n) is 7.60. The fourth-order valence-corrected chi connectivity index (χ4v) is 3.55. The van der Waals surface area contributed by atoms with Crippen molar-refractivity contribution in [2.24, 2.45) is 0 Å². The number of ether oxygens (including phenoxy) is 1. The Hall–Kier alpha value is -4.20. The molecule has 8 heteroatoms. The minimum Gasteiger partial charge on any atom is -0.456 e. The highest BCUT2D eigenvalue weighted by Crippen LogP contribution is 2.22. The van der Waals surface area contributed by atoms with Gasteiger partial charge in [-0.15, -0.1) is 4.57 Å². The number of esters is 1. The summed E-state index contributed by atoms with van der Waals surface area (Å²) in [6, 6.07) is 18.9. The van der Waals surface area contributed by atoms with E-state index in [0.29, 0.717) is 34.8 Å². The maximum Gasteiger partial charge on any atom is 0.338 e. The van der Waals surface area contributed by atoms with Gasteiger partial charge in [0.15, 0.2) is 5.65 Å². The van der Waals surface area contributed by atoms with E-state index in [4.69, 9.17) is 9.26 Å². The van der Waals surface area contributed by atoms with Gasteiger partial charge in [0.1, 0.15) is 12.4 Å². The van der Waals surface area contributed by atoms with Crippen LogP contribution in [0.15, 0.2) is 76.0 Å². The molecule has 1 N–H and O–H groups in total. The zero-order valence-corrected chi connectivity index (χ0v) is 18.3. The van der Waals surface area contributed by atoms with Gasteiger partial charge < -0.3 is 14.6 Å². The smallest absolute Gasteiger partial charge is 0.338 e. The Morgan fingerprint density at radius 2 is 1.82 bits per heavy atom. The molecule has 2 aromatic heterocycles. The van der Waals surface area contributed by atoms with Crippen molar-refractivity contribution in [3.8, 4) is 0 Å². The minimum atomic E-state index is -0.561. The van der Waals surface area contributed by atoms with E-state index in [0.717, 1.165) is 10.1 Å². The predicted molar refractivity (Wildman–Crippen MR) is 122 cm³/mol. The molecule has 0 spiro atoms. The number of carbonyl (C=O) groups excluding carboxylic acids is 2. The van der Waals surface area contributed by atoms with Crippen molar-refractivity contribution in [1.82, 2.24) is 9.56 Å². The van der Waals surface area contributed by atoms with Gasteiger partial charge >= 0.3 is 5.97 Å². The number of aryl methyl sites for hydroxylation is 1. The van der Waals surface area contributed by atoms with Crippen molar-refractivity contribution in [3.05, 3.63) is 99.7 Å². The number of carbonyl (C=O) groups is 2. The molecule has 168 valence electrons. The van der Waals surface area contributed by atoms with Crippen molar-refractivity contribution in [3.63, 3.8) is 0 Å². The van der Waals surface area contributed by atoms with Crippen LogP contribution in [0, 0.1) is 6.92 Å². The lowest BCUT2D eigenvalue weighted by Crippen LogP contribution is -2.20. The summed E-state index contributed by atoms with van der Waals surface area (Å²) in [5.41, 5.74) is 2.15. The van der Waals surface area contributed by atoms with Gasteiger partial charge in [-0.2, -0.15) is 0 Å². The van der Waals surface area contributed by atoms with Crippen molar-refractivity contribution < 1.29 is 18.8 Å². The third kappa shape index (κ3) is 5.01. The van der Waals surface area contributed by atoms with Crippen LogP contribution in [0.1, 0.15) is 46.6 Å². The van der Waals surface area contributed by atoms with E-state index in [1.807, 2.05) is 37.3 Å². The Labute approximate surface area is 189 Å². The van der Waals surface area contributed by atoms with Gasteiger partial charge in [0, 0.05) is 17.8 Å². The van der Waals surface area contributed by atoms with Crippen LogP contribution in [0.2, 0.25) is 0 Å². The molecule has 0 fully saturated rings. The van der Waals surface area contributed by atoms with E-state index >= 15 is 0 Å². The Balaban J connectivity index is 1.38. The lowest BCUT2D eigenvalue weighted by molar-refractivity contribution is -0.117. The van der Waals surface area contributed by atoms with Gasteiger partial charge in [-0.05, 0) is 43.2 Å². The molecule has 2 aromatic carbocycles. The largest absolute Gasteiger partial charge is 0.456 e. The number of nitrogens with one attached hydrogen (secondary N) is 1. The monoisotopic (exact) mass is 445 g/mol. The molecule has 0 saturated carbocycles. The van der Waals surface area contributed by atoms with Crippen LogP contribution in [0.5, 0.6) is 0 Å². The van der Waals surface area contributed by atoms with E-state index in [2.05, 4.69) is 10.3 Å². The molecule has 4 aromatic rings. The summed E-state index contributed by atoms with van der Waals surface area (Å²) in [7, 11) is 0. The van der Waals surface area contributed by atoms with Crippen molar-refractivity contribution in [1.29, 1.82) is 0 Å². The fourth-order valence-electron chi connectivity index (χ4n) is 3.55. The summed E-state index contributed by atoms with van der Waals surface area (Å²) in [5.74, 6) is -0.381. The molecule has 4 rings (SSSR count). The summed E-state index contributed by atoms with van der Waals surface area (Å²) < 4.78 is 11.6. The number of benzene rings is 2. The molecule has 0 radical (unpaired) electrons. The van der Waals surface area contributed by atoms with E-state index in [9.17, 15) is 14.4 Å². The third-order valence-electron chi connectivity index (χ3n) is 5.19. The van der Waals surface area contributed by atoms with Gasteiger partial charge in [0.05, 0.1) is 17.2 Å². The SMILES string of the molecule is CC[C@@H](C(=O)Nc1ccc(C(=O)OCc2cc(=O)n3oc(C)cc3n2)cc1)c1ccccc1. The highest BCUT2D eigenvalue weighted by atomic mass is 16.5. The molecule has 0 aliphatic carbocycles. The molecule has 1 amide bonds. The Morgan fingerprint density at radius 3 is 2.52 bits per heavy atom. The lowest BCUT2D eigenvalue weighted by atomic mass is 9.95. The normalized spacial score (nSPS) is 11.8. The van der Waals surface area contributed by atoms with Crippen LogP contribution in [0.4, 0.5) is 5.69 Å². The number of hydrogen-bond acceptors (Lipinski definition) is 6. The molecule has 0 unspecified atom stereocenters. The number of anilines is 1. The van der Waals surface area contributed by atoms with E-state index < -0.39 is 5.97 Å². The van der Waals surface area contributed by atoms with E-state index in [1.165, 1.54) is 6.07 Å². The number of fused-ring (bicyclic) bond motifs is 1. The minimum absolute atomic E-state index is 0.110. The van der Waals surface area contributed by atoms with Gasteiger partial charge in [0.2, 0.25) is 5.91 Å². The summed E-state index contributed by atoms with van der Waals surface area (Å²) in [5, 5.41) is 2.89. The van der Waals surface area contributed by atoms with Gasteiger partial charge in [-0.1, -0.05) is 37.3 Å². The van der Waals surface area contributed by atoms with Gasteiger partial charge in [0.25, 0.3) is 5.56 Å². The van der Waals surface area contributed by atoms with Crippen LogP contribution < -0.4 is 10.9 Å². The fraction of sp³-hybridized carbons (Fsp3) is 0.200. The molecule has 0 aliphatic heterocycles. The van der Waals surface area contributed by atoms with Crippen molar-refractivity contribution >= 4 is 23.2 Å². The number of amides is 1. The van der Waals surface area contributed by atoms with Crippen LogP contribution in [-0.2, 0) is 16.1 Å². The molecule has 0 bridgehead atoms. The molecule has 0 aliphatic rings. The standard InChI is InChI=1S/C25H23N3O5/c1-3-21(17-7-5-4-6-8-17)24(30)27-19-11-9-18(10-12-19)25(31)32-15-20-14-23(29)28-22(26-20)13-16(2)33-28/h4-14,21H,3,15H2,1-2H3,(H,27,30)/t21-/m1/s1. The molecule has 1 atom stereocenters. The highest BCUT2D eigenvalue weighted by Gasteiger charge is 2.19. The maximum atomic E-state index is 12.7. The zero-order chi connectivity index (χ0) is 23.4. The number of aromatic nitrogens is 2. The van der Waals surface area contributed by atoms with Crippen molar-refractivity contribution in [2.75, 3.05) is 5.32 Å². The average Bonchev–Trinajstić information content (AvgIpc) is 3.20. The first-order valence-corrected chi connectivity index (χ1v) is 10.6. The molecule has 2 heterocycles. The Bertz CT molecular complexity index is 1340. The first kappa shape index (κ1) is 22.0. The lowest BCUT2D eigenvalue weighted by Gasteiger charge is -2.15. The number of hydrogen-bond donors (Lipinski definition) is 1. The summed E-state index contributed by atoms with van der Waals surface area (Å²) in [6.45, 7) is 3.53. The quantitative estimate of drug-likeness (QED) is 0.430. The van der Waals surface area contributed by atoms with Crippen LogP contribution >= 0.6 is 0 Å². The molecule has 8 nitrogen and oxygen atoms in total. The summed E-state index contributed by atoms with van der Waals surface area (Å²) >= 11 is 0. The second kappa shape index (κ2) is 9.52. The van der Waals surface area contributed by atoms with Gasteiger partial charge in [-0.25, -0.2) is 9.78 Å². The zero-order valence-electron chi connectivity index (χ0n) is 18.3. The molecule has 0 saturated heterocycles. The maximum absolute atomic E-state index is 12.7. The van der Waals surface area contributed by atoms with Crippen LogP contribution in [0.3, 0.4) is 0 Å². The highest BCUT2D eigenvalue weighted by molar-refractivity contribution is 5.96. The van der Waals surface area contributed by atoms with E-state index in [1.54, 1.807) is 37.3 Å². The molecule has 33 heavy (non-hydrogen) atoms. The van der Waals surface area contributed by atoms with Gasteiger partial charge in [-0.3, -0.25) is 9.59 Å². The van der Waals surface area contributed by atoms with E-state index in [-0.39, 0.29) is 24.0 Å². The third-order valence-corrected chi connectivity index (χ3v) is 5.19. The second-order valence-corrected chi connectivity index (χ2v) is 7.60. The number of nitrogens with zero attached hydrogens (tertiary/aromatic N) is 2. The summed E-state index contributed by atoms with van der Waals surface area (Å²) in [4.78, 5) is 41.4. The topological polar surface area (TPSA) is 103 Å². The first-order valence-electron chi connectivity index (χ1n) is 10.6. The van der Waals surface area contributed by atoms with Crippen LogP contribution in [0.25, 0.3) is 5.65 Å². The first-order chi connectivity index (χ1) is 15.9. The number of rotatable bonds is 7. The predicted octanol–water partition coefficient (Wildman–Crippen LogP) is 4.09.